The third-order valence-corrected chi connectivity index (χ3v) is 2.77. The van der Waals surface area contributed by atoms with Crippen LogP contribution in [0.25, 0.3) is 0 Å². The van der Waals surface area contributed by atoms with Gasteiger partial charge in [-0.25, -0.2) is 9.97 Å². The highest BCUT2D eigenvalue weighted by Gasteiger charge is 2.14. The number of rotatable bonds is 5. The third-order valence-electron chi connectivity index (χ3n) is 2.40. The molecule has 0 amide bonds. The van der Waals surface area contributed by atoms with Crippen LogP contribution >= 0.6 is 11.6 Å². The summed E-state index contributed by atoms with van der Waals surface area (Å²) in [6.45, 7) is 5.39. The highest BCUT2D eigenvalue weighted by atomic mass is 35.5. The molecule has 0 atom stereocenters. The summed E-state index contributed by atoms with van der Waals surface area (Å²) in [7, 11) is 0. The van der Waals surface area contributed by atoms with Crippen LogP contribution in [-0.4, -0.2) is 39.4 Å². The van der Waals surface area contributed by atoms with Crippen LogP contribution in [0.2, 0.25) is 5.15 Å². The van der Waals surface area contributed by atoms with Gasteiger partial charge in [-0.15, -0.1) is 0 Å². The number of hydrogen-bond donors (Lipinski definition) is 3. The number of aliphatic hydroxyl groups is 2. The Bertz CT molecular complexity index is 381. The molecular formula is C11H18ClN3O2. The number of nitrogens with zero attached hydrogens (tertiary/aromatic N) is 2. The second-order valence-corrected chi connectivity index (χ2v) is 4.57. The Balaban J connectivity index is 3.05. The van der Waals surface area contributed by atoms with Gasteiger partial charge in [0.25, 0.3) is 0 Å². The maximum Gasteiger partial charge on any atom is 0.137 e. The molecule has 0 unspecified atom stereocenters. The van der Waals surface area contributed by atoms with E-state index in [4.69, 9.17) is 21.8 Å². The van der Waals surface area contributed by atoms with Gasteiger partial charge >= 0.3 is 0 Å². The smallest absolute Gasteiger partial charge is 0.137 e. The fraction of sp³-hybridized carbons (Fsp3) is 0.636. The Kier molecular flexibility index (Phi) is 5.11. The fourth-order valence-corrected chi connectivity index (χ4v) is 1.42. The quantitative estimate of drug-likeness (QED) is 0.696. The highest BCUT2D eigenvalue weighted by molar-refractivity contribution is 6.30. The predicted octanol–water partition coefficient (Wildman–Crippen LogP) is 1.33. The van der Waals surface area contributed by atoms with Crippen molar-refractivity contribution in [3.8, 4) is 0 Å². The van der Waals surface area contributed by atoms with Crippen molar-refractivity contribution < 1.29 is 10.2 Å². The van der Waals surface area contributed by atoms with E-state index in [1.807, 2.05) is 13.8 Å². The molecule has 0 bridgehead atoms. The average molecular weight is 260 g/mol. The second kappa shape index (κ2) is 6.14. The first kappa shape index (κ1) is 14.2. The summed E-state index contributed by atoms with van der Waals surface area (Å²) in [6.07, 6.45) is 0. The molecule has 1 heterocycles. The summed E-state index contributed by atoms with van der Waals surface area (Å²) >= 11 is 6.02. The zero-order valence-corrected chi connectivity index (χ0v) is 11.0. The topological polar surface area (TPSA) is 78.3 Å². The van der Waals surface area contributed by atoms with Crippen molar-refractivity contribution in [2.45, 2.75) is 32.7 Å². The van der Waals surface area contributed by atoms with E-state index in [-0.39, 0.29) is 19.1 Å². The lowest BCUT2D eigenvalue weighted by Crippen LogP contribution is -2.29. The van der Waals surface area contributed by atoms with Gasteiger partial charge in [0, 0.05) is 11.5 Å². The second-order valence-electron chi connectivity index (χ2n) is 4.21. The lowest BCUT2D eigenvalue weighted by atomic mass is 10.2. The number of hydrogen-bond acceptors (Lipinski definition) is 5. The van der Waals surface area contributed by atoms with Crippen LogP contribution in [0.4, 0.5) is 5.82 Å². The normalized spacial score (nSPS) is 11.3. The molecule has 17 heavy (non-hydrogen) atoms. The van der Waals surface area contributed by atoms with Gasteiger partial charge in [0.05, 0.1) is 19.3 Å². The van der Waals surface area contributed by atoms with Gasteiger partial charge in [-0.2, -0.15) is 0 Å². The van der Waals surface area contributed by atoms with Gasteiger partial charge in [-0.05, 0) is 6.92 Å². The van der Waals surface area contributed by atoms with E-state index >= 15 is 0 Å². The van der Waals surface area contributed by atoms with Gasteiger partial charge in [0.15, 0.2) is 0 Å². The summed E-state index contributed by atoms with van der Waals surface area (Å²) in [5.41, 5.74) is 0.711. The molecule has 0 aliphatic rings. The Morgan fingerprint density at radius 3 is 2.29 bits per heavy atom. The minimum Gasteiger partial charge on any atom is -0.394 e. The zero-order valence-electron chi connectivity index (χ0n) is 10.2. The van der Waals surface area contributed by atoms with Crippen molar-refractivity contribution in [3.63, 3.8) is 0 Å². The zero-order chi connectivity index (χ0) is 13.0. The summed E-state index contributed by atoms with van der Waals surface area (Å²) in [4.78, 5) is 8.52. The summed E-state index contributed by atoms with van der Waals surface area (Å²) in [5.74, 6) is 1.36. The molecular weight excluding hydrogens is 242 g/mol. The van der Waals surface area contributed by atoms with Crippen LogP contribution in [0.3, 0.4) is 0 Å². The molecule has 1 aromatic rings. The summed E-state index contributed by atoms with van der Waals surface area (Å²) in [5, 5.41) is 21.4. The molecule has 5 nitrogen and oxygen atoms in total. The molecule has 0 saturated heterocycles. The van der Waals surface area contributed by atoms with E-state index in [1.165, 1.54) is 0 Å². The molecule has 0 aliphatic heterocycles. The first-order chi connectivity index (χ1) is 7.99. The first-order valence-corrected chi connectivity index (χ1v) is 5.89. The largest absolute Gasteiger partial charge is 0.394 e. The van der Waals surface area contributed by atoms with Gasteiger partial charge in [-0.1, -0.05) is 25.4 Å². The van der Waals surface area contributed by atoms with Crippen LogP contribution in [0.1, 0.15) is 31.2 Å². The van der Waals surface area contributed by atoms with Crippen molar-refractivity contribution in [3.05, 3.63) is 16.5 Å². The van der Waals surface area contributed by atoms with E-state index in [2.05, 4.69) is 15.3 Å². The molecule has 96 valence electrons. The molecule has 0 fully saturated rings. The number of aliphatic hydroxyl groups excluding tert-OH is 2. The van der Waals surface area contributed by atoms with Crippen molar-refractivity contribution in [1.29, 1.82) is 0 Å². The van der Waals surface area contributed by atoms with Crippen LogP contribution in [-0.2, 0) is 0 Å². The standard InChI is InChI=1S/C11H18ClN3O2/c1-6(2)10-14-9(12)7(3)11(15-10)13-8(4-16)5-17/h6,8,16-17H,4-5H2,1-3H3,(H,13,14,15). The predicted molar refractivity (Wildman–Crippen MR) is 67.5 cm³/mol. The van der Waals surface area contributed by atoms with Crippen LogP contribution < -0.4 is 5.32 Å². The van der Waals surface area contributed by atoms with E-state index in [0.29, 0.717) is 22.4 Å². The summed E-state index contributed by atoms with van der Waals surface area (Å²) < 4.78 is 0. The summed E-state index contributed by atoms with van der Waals surface area (Å²) in [6, 6.07) is -0.445. The number of aromatic nitrogens is 2. The van der Waals surface area contributed by atoms with Crippen molar-refractivity contribution in [2.75, 3.05) is 18.5 Å². The minimum absolute atomic E-state index is 0.162. The first-order valence-electron chi connectivity index (χ1n) is 5.51. The number of halogens is 1. The molecule has 6 heteroatoms. The van der Waals surface area contributed by atoms with Crippen LogP contribution in [0.15, 0.2) is 0 Å². The van der Waals surface area contributed by atoms with Gasteiger partial charge in [-0.3, -0.25) is 0 Å². The SMILES string of the molecule is Cc1c(Cl)nc(C(C)C)nc1NC(CO)CO. The molecule has 0 saturated carbocycles. The maximum absolute atomic E-state index is 9.03. The maximum atomic E-state index is 9.03. The fourth-order valence-electron chi connectivity index (χ4n) is 1.25. The van der Waals surface area contributed by atoms with Gasteiger partial charge < -0.3 is 15.5 Å². The minimum atomic E-state index is -0.445. The molecule has 0 radical (unpaired) electrons. The third kappa shape index (κ3) is 3.52. The van der Waals surface area contributed by atoms with E-state index in [1.54, 1.807) is 6.92 Å². The number of nitrogens with one attached hydrogen (secondary N) is 1. The molecule has 3 N–H and O–H groups in total. The van der Waals surface area contributed by atoms with E-state index in [9.17, 15) is 0 Å². The number of anilines is 1. The molecule has 0 aliphatic carbocycles. The lowest BCUT2D eigenvalue weighted by molar-refractivity contribution is 0.203. The average Bonchev–Trinajstić information content (AvgIpc) is 2.30. The molecule has 1 rings (SSSR count). The monoisotopic (exact) mass is 259 g/mol. The molecule has 0 spiro atoms. The lowest BCUT2D eigenvalue weighted by Gasteiger charge is -2.17. The Morgan fingerprint density at radius 1 is 1.24 bits per heavy atom. The van der Waals surface area contributed by atoms with Crippen LogP contribution in [0.5, 0.6) is 0 Å². The van der Waals surface area contributed by atoms with Gasteiger partial charge in [0.1, 0.15) is 16.8 Å². The molecule has 0 aromatic carbocycles. The Morgan fingerprint density at radius 2 is 1.82 bits per heavy atom. The Labute approximate surface area is 106 Å². The van der Waals surface area contributed by atoms with Crippen molar-refractivity contribution in [2.24, 2.45) is 0 Å². The molecule has 1 aromatic heterocycles. The van der Waals surface area contributed by atoms with Crippen molar-refractivity contribution in [1.82, 2.24) is 9.97 Å². The highest BCUT2D eigenvalue weighted by Crippen LogP contribution is 2.23. The van der Waals surface area contributed by atoms with Crippen LogP contribution in [0, 0.1) is 6.92 Å². The Hall–Kier alpha value is -0.910. The van der Waals surface area contributed by atoms with E-state index < -0.39 is 6.04 Å². The van der Waals surface area contributed by atoms with Gasteiger partial charge in [0.2, 0.25) is 0 Å². The van der Waals surface area contributed by atoms with Crippen molar-refractivity contribution >= 4 is 17.4 Å². The van der Waals surface area contributed by atoms with E-state index in [0.717, 1.165) is 0 Å².